The number of aliphatic imine (C=N–C) groups is 1. The quantitative estimate of drug-likeness (QED) is 0.0963. The predicted molar refractivity (Wildman–Crippen MR) is 267 cm³/mol. The highest BCUT2D eigenvalue weighted by Gasteiger charge is 2.57. The molecule has 1 aromatic rings. The molecule has 3 spiro atoms. The number of amides is 1. The lowest BCUT2D eigenvalue weighted by atomic mass is 9.72. The normalized spacial score (nSPS) is 36.6. The standard InChI is InChI=1S/C53H76N6O6S2/c1-35(60)64-51-20-11-37(42(61)31-51)9-3-2-6-26-66-67-53(19-8-17-50(53)15-4-5-16-50)58-48(55)57-25-23-49(30-36-14-24-56-43(54)27-36)32-44(62)59(34-49)33-40-28-38(12-21-51)45-39-13-22-52(65-47(45)46(40)63)18-7-10-41(52)29-39/h13-14,22,27-28,37,39,41-42,56,61,63H,2-12,15-21,23-26,29-34,54H2,1H3,(H3,55,57,58)/t37-,39-,41+,42+,49-,51+,52+,53-/m0/s1. The van der Waals surface area contributed by atoms with E-state index in [0.29, 0.717) is 93.6 Å². The lowest BCUT2D eigenvalue weighted by Gasteiger charge is -2.44. The highest BCUT2D eigenvalue weighted by molar-refractivity contribution is 8.77. The van der Waals surface area contributed by atoms with Gasteiger partial charge in [0.25, 0.3) is 0 Å². The summed E-state index contributed by atoms with van der Waals surface area (Å²) in [6, 6.07) is 2.11. The molecule has 67 heavy (non-hydrogen) atoms. The molecule has 0 unspecified atom stereocenters. The maximum absolute atomic E-state index is 14.5. The molecule has 5 fully saturated rings. The summed E-state index contributed by atoms with van der Waals surface area (Å²) in [6.45, 7) is 3.36. The first-order valence-electron chi connectivity index (χ1n) is 26.0. The number of carbonyl (C=O) groups excluding carboxylic acids is 2. The number of phenolic OH excluding ortho intramolecular Hbond substituents is 1. The van der Waals surface area contributed by atoms with Crippen LogP contribution < -0.4 is 26.8 Å². The van der Waals surface area contributed by atoms with Crippen molar-refractivity contribution in [3.05, 3.63) is 58.5 Å². The van der Waals surface area contributed by atoms with Gasteiger partial charge in [0.15, 0.2) is 17.5 Å². The van der Waals surface area contributed by atoms with Gasteiger partial charge in [-0.15, -0.1) is 0 Å². The van der Waals surface area contributed by atoms with Crippen molar-refractivity contribution in [3.8, 4) is 11.5 Å². The minimum Gasteiger partial charge on any atom is -0.504 e. The molecule has 14 heteroatoms. The molecule has 6 heterocycles. The molecule has 12 rings (SSSR count). The number of rotatable bonds is 3. The summed E-state index contributed by atoms with van der Waals surface area (Å²) in [7, 11) is 3.98. The number of guanidine groups is 1. The van der Waals surface area contributed by atoms with Gasteiger partial charge in [-0.05, 0) is 144 Å². The fourth-order valence-electron chi connectivity index (χ4n) is 14.7. The van der Waals surface area contributed by atoms with E-state index >= 15 is 0 Å². The van der Waals surface area contributed by atoms with E-state index < -0.39 is 22.7 Å². The van der Waals surface area contributed by atoms with Crippen LogP contribution in [-0.2, 0) is 27.3 Å². The average molecular weight is 957 g/mol. The number of dihydropyridines is 1. The van der Waals surface area contributed by atoms with Gasteiger partial charge in [-0.25, -0.2) is 0 Å². The van der Waals surface area contributed by atoms with Gasteiger partial charge in [0.2, 0.25) is 5.91 Å². The number of aryl methyl sites for hydroxylation is 1. The summed E-state index contributed by atoms with van der Waals surface area (Å²) in [5, 5.41) is 31.3. The lowest BCUT2D eigenvalue weighted by Crippen LogP contribution is -2.55. The number of nitrogens with one attached hydrogen (secondary N) is 2. The Balaban J connectivity index is 0.994. The average Bonchev–Trinajstić information content (AvgIpc) is 4.04. The number of allylic oxidation sites excluding steroid dienone is 3. The van der Waals surface area contributed by atoms with Crippen LogP contribution in [0.4, 0.5) is 0 Å². The summed E-state index contributed by atoms with van der Waals surface area (Å²) >= 11 is 0. The molecule has 366 valence electrons. The van der Waals surface area contributed by atoms with E-state index in [1.807, 2.05) is 32.6 Å². The third kappa shape index (κ3) is 9.34. The number of esters is 1. The monoisotopic (exact) mass is 957 g/mol. The van der Waals surface area contributed by atoms with E-state index in [1.165, 1.54) is 45.4 Å². The number of fused-ring (bicyclic) bond motifs is 12. The highest BCUT2D eigenvalue weighted by atomic mass is 33.1. The van der Waals surface area contributed by atoms with Gasteiger partial charge in [0, 0.05) is 85.5 Å². The number of carbonyl (C=O) groups is 2. The zero-order valence-corrected chi connectivity index (χ0v) is 41.5. The molecule has 5 aliphatic carbocycles. The van der Waals surface area contributed by atoms with E-state index in [0.717, 1.165) is 86.7 Å². The Morgan fingerprint density at radius 3 is 2.67 bits per heavy atom. The molecule has 8 atom stereocenters. The van der Waals surface area contributed by atoms with E-state index in [1.54, 1.807) is 0 Å². The fraction of sp³-hybridized carbons (Fsp3) is 0.717. The Hall–Kier alpha value is -3.49. The van der Waals surface area contributed by atoms with Crippen LogP contribution in [0, 0.1) is 22.7 Å². The Morgan fingerprint density at radius 2 is 1.85 bits per heavy atom. The molecule has 11 aliphatic rings. The third-order valence-electron chi connectivity index (χ3n) is 18.1. The van der Waals surface area contributed by atoms with Crippen molar-refractivity contribution in [2.45, 2.75) is 189 Å². The number of nitrogens with zero attached hydrogens (tertiary/aromatic N) is 2. The molecule has 1 saturated heterocycles. The smallest absolute Gasteiger partial charge is 0.303 e. The van der Waals surface area contributed by atoms with E-state index in [2.05, 4.69) is 34.9 Å². The molecule has 1 aromatic carbocycles. The van der Waals surface area contributed by atoms with Crippen molar-refractivity contribution < 1.29 is 29.3 Å². The van der Waals surface area contributed by atoms with Crippen molar-refractivity contribution in [1.82, 2.24) is 15.5 Å². The summed E-state index contributed by atoms with van der Waals surface area (Å²) < 4.78 is 13.4. The maximum atomic E-state index is 14.5. The van der Waals surface area contributed by atoms with Crippen LogP contribution in [0.2, 0.25) is 0 Å². The van der Waals surface area contributed by atoms with E-state index in [9.17, 15) is 19.8 Å². The van der Waals surface area contributed by atoms with Gasteiger partial charge in [0.1, 0.15) is 16.1 Å². The highest BCUT2D eigenvalue weighted by Crippen LogP contribution is 2.63. The Labute approximate surface area is 406 Å². The molecule has 6 aliphatic heterocycles. The second-order valence-electron chi connectivity index (χ2n) is 22.4. The molecule has 1 amide bonds. The van der Waals surface area contributed by atoms with Crippen molar-refractivity contribution in [3.63, 3.8) is 0 Å². The number of ether oxygens (including phenoxy) is 2. The summed E-state index contributed by atoms with van der Waals surface area (Å²) in [5.74, 6) is 3.23. The van der Waals surface area contributed by atoms with Crippen LogP contribution >= 0.6 is 21.6 Å². The molecule has 4 saturated carbocycles. The number of benzene rings is 1. The maximum Gasteiger partial charge on any atom is 0.303 e. The zero-order valence-electron chi connectivity index (χ0n) is 39.9. The molecule has 8 N–H and O–H groups in total. The minimum atomic E-state index is -0.793. The van der Waals surface area contributed by atoms with Crippen LogP contribution in [-0.4, -0.2) is 80.5 Å². The van der Waals surface area contributed by atoms with Gasteiger partial charge in [-0.3, -0.25) is 14.6 Å². The van der Waals surface area contributed by atoms with Crippen LogP contribution in [0.3, 0.4) is 0 Å². The number of aliphatic hydroxyl groups excluding tert-OH is 1. The number of hydrogen-bond acceptors (Lipinski definition) is 13. The van der Waals surface area contributed by atoms with E-state index in [-0.39, 0.29) is 46.3 Å². The zero-order chi connectivity index (χ0) is 46.4. The number of aromatic hydroxyl groups is 1. The first kappa shape index (κ1) is 47.2. The third-order valence-corrected chi connectivity index (χ3v) is 21.4. The summed E-state index contributed by atoms with van der Waals surface area (Å²) in [5.41, 5.74) is 15.6. The van der Waals surface area contributed by atoms with Crippen LogP contribution in [0.1, 0.15) is 171 Å². The van der Waals surface area contributed by atoms with Gasteiger partial charge in [-0.1, -0.05) is 59.4 Å². The number of aliphatic hydroxyl groups is 1. The molecule has 0 aromatic heterocycles. The first-order valence-corrected chi connectivity index (χ1v) is 28.3. The fourth-order valence-corrected chi connectivity index (χ4v) is 18.3. The van der Waals surface area contributed by atoms with Gasteiger partial charge >= 0.3 is 5.97 Å². The van der Waals surface area contributed by atoms with Crippen molar-refractivity contribution in [1.29, 1.82) is 0 Å². The Kier molecular flexibility index (Phi) is 13.4. The largest absolute Gasteiger partial charge is 0.504 e. The van der Waals surface area contributed by atoms with Crippen molar-refractivity contribution in [2.24, 2.45) is 39.1 Å². The summed E-state index contributed by atoms with van der Waals surface area (Å²) in [6.07, 6.45) is 29.7. The molecular formula is C53H76N6O6S2. The summed E-state index contributed by atoms with van der Waals surface area (Å²) in [4.78, 5) is 34.2. The lowest BCUT2D eigenvalue weighted by molar-refractivity contribution is -0.168. The topological polar surface area (TPSA) is 185 Å². The number of hydrogen-bond donors (Lipinski definition) is 6. The van der Waals surface area contributed by atoms with Gasteiger partial charge < -0.3 is 46.7 Å². The molecular weight excluding hydrogens is 881 g/mol. The minimum absolute atomic E-state index is 0.0491. The van der Waals surface area contributed by atoms with Crippen LogP contribution in [0.5, 0.6) is 11.5 Å². The van der Waals surface area contributed by atoms with Crippen molar-refractivity contribution >= 4 is 39.4 Å². The van der Waals surface area contributed by atoms with E-state index in [4.69, 9.17) is 25.9 Å². The van der Waals surface area contributed by atoms with Crippen LogP contribution in [0.15, 0.2) is 46.8 Å². The number of nitrogens with two attached hydrogens (primary N) is 2. The SMILES string of the molecule is CC(=O)O[C@@]12CCc3cc(c(O)c4c3[C@H]3C=C[C@@]5(CCC[C@@H]5C3)O4)CN3C[C@](CC4=CCNC(N)=C4)(CCN=C(N)N[C@@]4(CCCC45CCCC5)SSCCCCC[C@@H](CC1)[C@H](O)C2)CC3=O. The van der Waals surface area contributed by atoms with Crippen molar-refractivity contribution in [2.75, 3.05) is 25.4 Å². The molecule has 12 nitrogen and oxygen atoms in total. The second kappa shape index (κ2) is 19.0. The second-order valence-corrected chi connectivity index (χ2v) is 25.1. The number of phenols is 1. The Morgan fingerprint density at radius 1 is 1.00 bits per heavy atom. The van der Waals surface area contributed by atoms with Gasteiger partial charge in [-0.2, -0.15) is 0 Å². The molecule has 0 radical (unpaired) electrons. The predicted octanol–water partition coefficient (Wildman–Crippen LogP) is 8.89. The van der Waals surface area contributed by atoms with Crippen LogP contribution in [0.25, 0.3) is 0 Å². The first-order chi connectivity index (χ1) is 32.3. The molecule has 8 bridgehead atoms. The Bertz CT molecular complexity index is 2190. The van der Waals surface area contributed by atoms with Gasteiger partial charge in [0.05, 0.1) is 11.9 Å².